The molecule has 0 saturated heterocycles. The van der Waals surface area contributed by atoms with Gasteiger partial charge in [-0.3, -0.25) is 0 Å². The number of hydrogen-bond donors (Lipinski definition) is 2. The van der Waals surface area contributed by atoms with Crippen molar-refractivity contribution in [3.8, 4) is 11.5 Å². The fraction of sp³-hybridized carbons (Fsp3) is 0.417. The van der Waals surface area contributed by atoms with Crippen molar-refractivity contribution < 1.29 is 29.3 Å². The van der Waals surface area contributed by atoms with Crippen molar-refractivity contribution >= 4 is 11.9 Å². The van der Waals surface area contributed by atoms with Crippen molar-refractivity contribution in [3.63, 3.8) is 0 Å². The molecule has 30 heavy (non-hydrogen) atoms. The molecule has 2 aromatic carbocycles. The molecule has 6 nitrogen and oxygen atoms in total. The second-order valence-electron chi connectivity index (χ2n) is 8.98. The zero-order chi connectivity index (χ0) is 20.9. The quantitative estimate of drug-likeness (QED) is 0.732. The topological polar surface area (TPSA) is 93.1 Å². The van der Waals surface area contributed by atoms with E-state index in [1.807, 2.05) is 0 Å². The van der Waals surface area contributed by atoms with Gasteiger partial charge in [-0.05, 0) is 80.3 Å². The Hall–Kier alpha value is -3.02. The van der Waals surface area contributed by atoms with Crippen LogP contribution in [0.25, 0.3) is 0 Å². The first kappa shape index (κ1) is 19.0. The second-order valence-corrected chi connectivity index (χ2v) is 8.98. The number of rotatable bonds is 6. The van der Waals surface area contributed by atoms with E-state index >= 15 is 0 Å². The molecule has 0 radical (unpaired) electrons. The summed E-state index contributed by atoms with van der Waals surface area (Å²) < 4.78 is 13.0. The maximum absolute atomic E-state index is 11.4. The molecule has 4 bridgehead atoms. The van der Waals surface area contributed by atoms with E-state index in [1.165, 1.54) is 6.42 Å². The highest BCUT2D eigenvalue weighted by Gasteiger charge is 2.60. The molecule has 4 saturated carbocycles. The lowest BCUT2D eigenvalue weighted by Crippen LogP contribution is -2.65. The lowest BCUT2D eigenvalue weighted by molar-refractivity contribution is -0.180. The van der Waals surface area contributed by atoms with Crippen LogP contribution < -0.4 is 9.47 Å². The van der Waals surface area contributed by atoms with Crippen molar-refractivity contribution in [3.05, 3.63) is 59.7 Å². The smallest absolute Gasteiger partial charge is 0.335 e. The Morgan fingerprint density at radius 1 is 0.833 bits per heavy atom. The first-order valence-electron chi connectivity index (χ1n) is 10.4. The number of carboxylic acids is 2. The third kappa shape index (κ3) is 3.30. The van der Waals surface area contributed by atoms with Crippen LogP contribution in [0.4, 0.5) is 0 Å². The third-order valence-corrected chi connectivity index (χ3v) is 6.90. The molecule has 6 heteroatoms. The van der Waals surface area contributed by atoms with Gasteiger partial charge in [-0.15, -0.1) is 0 Å². The van der Waals surface area contributed by atoms with Crippen LogP contribution >= 0.6 is 0 Å². The molecule has 2 aromatic rings. The predicted octanol–water partition coefficient (Wildman–Crippen LogP) is 4.49. The molecular weight excluding hydrogens is 384 g/mol. The number of carboxylic acid groups (broad SMARTS) is 2. The van der Waals surface area contributed by atoms with Crippen LogP contribution in [-0.4, -0.2) is 33.9 Å². The Morgan fingerprint density at radius 3 is 2.00 bits per heavy atom. The molecule has 3 unspecified atom stereocenters. The zero-order valence-electron chi connectivity index (χ0n) is 16.5. The van der Waals surface area contributed by atoms with Crippen LogP contribution in [0.5, 0.6) is 11.5 Å². The molecule has 3 atom stereocenters. The molecule has 0 aromatic heterocycles. The van der Waals surface area contributed by atoms with Crippen molar-refractivity contribution in [1.82, 2.24) is 0 Å². The molecule has 4 aliphatic carbocycles. The molecule has 156 valence electrons. The van der Waals surface area contributed by atoms with E-state index in [-0.39, 0.29) is 17.2 Å². The van der Waals surface area contributed by atoms with E-state index in [1.54, 1.807) is 48.5 Å². The summed E-state index contributed by atoms with van der Waals surface area (Å²) in [6.45, 7) is 0. The molecule has 6 rings (SSSR count). The van der Waals surface area contributed by atoms with Gasteiger partial charge >= 0.3 is 11.9 Å². The highest BCUT2D eigenvalue weighted by molar-refractivity contribution is 5.88. The lowest BCUT2D eigenvalue weighted by Gasteiger charge is -2.59. The highest BCUT2D eigenvalue weighted by atomic mass is 16.6. The Kier molecular flexibility index (Phi) is 4.45. The predicted molar refractivity (Wildman–Crippen MR) is 108 cm³/mol. The average molecular weight is 408 g/mol. The molecule has 2 N–H and O–H groups in total. The number of benzene rings is 2. The number of carbonyl (C=O) groups is 2. The van der Waals surface area contributed by atoms with Crippen LogP contribution in [0.3, 0.4) is 0 Å². The van der Waals surface area contributed by atoms with Crippen molar-refractivity contribution in [2.24, 2.45) is 17.8 Å². The maximum Gasteiger partial charge on any atom is 0.335 e. The van der Waals surface area contributed by atoms with Crippen LogP contribution in [0.1, 0.15) is 52.8 Å². The average Bonchev–Trinajstić information content (AvgIpc) is 2.70. The van der Waals surface area contributed by atoms with E-state index in [9.17, 15) is 19.8 Å². The van der Waals surface area contributed by atoms with Crippen molar-refractivity contribution in [1.29, 1.82) is 0 Å². The third-order valence-electron chi connectivity index (χ3n) is 6.90. The van der Waals surface area contributed by atoms with Gasteiger partial charge in [0.2, 0.25) is 0 Å². The standard InChI is InChI=1S/C24H24O6/c25-22(26)16-3-1-5-19(10-16)29-21-18-8-14-7-15(9-18)13-24(21,12-14)30-20-6-2-4-17(11-20)23(27)28/h1-6,10-11,14-15,18,21H,7-9,12-13H2,(H,25,26)(H,27,28). The number of hydrogen-bond acceptors (Lipinski definition) is 4. The molecular formula is C24H24O6. The van der Waals surface area contributed by atoms with E-state index in [0.717, 1.165) is 25.7 Å². The first-order valence-corrected chi connectivity index (χ1v) is 10.4. The van der Waals surface area contributed by atoms with Gasteiger partial charge in [0.1, 0.15) is 23.2 Å². The Bertz CT molecular complexity index is 985. The fourth-order valence-corrected chi connectivity index (χ4v) is 6.04. The molecule has 4 aliphatic rings. The Labute approximate surface area is 174 Å². The monoisotopic (exact) mass is 408 g/mol. The molecule has 0 heterocycles. The maximum atomic E-state index is 11.4. The van der Waals surface area contributed by atoms with Crippen LogP contribution in [0.15, 0.2) is 48.5 Å². The summed E-state index contributed by atoms with van der Waals surface area (Å²) in [6.07, 6.45) is 4.97. The number of ether oxygens (including phenoxy) is 2. The molecule has 4 fully saturated rings. The van der Waals surface area contributed by atoms with E-state index in [2.05, 4.69) is 0 Å². The van der Waals surface area contributed by atoms with Gasteiger partial charge < -0.3 is 19.7 Å². The summed E-state index contributed by atoms with van der Waals surface area (Å²) in [5.41, 5.74) is -0.130. The normalized spacial score (nSPS) is 31.3. The summed E-state index contributed by atoms with van der Waals surface area (Å²) in [5, 5.41) is 18.6. The molecule has 0 spiro atoms. The SMILES string of the molecule is O=C(O)c1cccc(OC2C3CC4CC(C3)CC2(Oc2cccc(C(=O)O)c2)C4)c1. The van der Waals surface area contributed by atoms with E-state index in [4.69, 9.17) is 9.47 Å². The molecule has 0 amide bonds. The number of aromatic carboxylic acids is 2. The van der Waals surface area contributed by atoms with E-state index < -0.39 is 17.5 Å². The highest BCUT2D eigenvalue weighted by Crippen LogP contribution is 2.58. The van der Waals surface area contributed by atoms with Gasteiger partial charge in [0.05, 0.1) is 11.1 Å². The zero-order valence-corrected chi connectivity index (χ0v) is 16.5. The van der Waals surface area contributed by atoms with Gasteiger partial charge in [-0.25, -0.2) is 9.59 Å². The minimum absolute atomic E-state index is 0.192. The molecule has 0 aliphatic heterocycles. The summed E-state index contributed by atoms with van der Waals surface area (Å²) in [5.74, 6) is 0.656. The lowest BCUT2D eigenvalue weighted by atomic mass is 9.52. The minimum atomic E-state index is -0.984. The van der Waals surface area contributed by atoms with Gasteiger partial charge in [-0.2, -0.15) is 0 Å². The van der Waals surface area contributed by atoms with Crippen LogP contribution in [-0.2, 0) is 0 Å². The van der Waals surface area contributed by atoms with Gasteiger partial charge in [0, 0.05) is 5.92 Å². The summed E-state index contributed by atoms with van der Waals surface area (Å²) >= 11 is 0. The van der Waals surface area contributed by atoms with E-state index in [0.29, 0.717) is 29.3 Å². The van der Waals surface area contributed by atoms with Gasteiger partial charge in [-0.1, -0.05) is 12.1 Å². The largest absolute Gasteiger partial charge is 0.486 e. The van der Waals surface area contributed by atoms with Crippen LogP contribution in [0, 0.1) is 17.8 Å². The first-order chi connectivity index (χ1) is 14.4. The fourth-order valence-electron chi connectivity index (χ4n) is 6.04. The Balaban J connectivity index is 1.47. The Morgan fingerprint density at radius 2 is 1.40 bits per heavy atom. The van der Waals surface area contributed by atoms with Gasteiger partial charge in [0.25, 0.3) is 0 Å². The van der Waals surface area contributed by atoms with Crippen LogP contribution in [0.2, 0.25) is 0 Å². The van der Waals surface area contributed by atoms with Crippen molar-refractivity contribution in [2.75, 3.05) is 0 Å². The van der Waals surface area contributed by atoms with Gasteiger partial charge in [0.15, 0.2) is 0 Å². The second kappa shape index (κ2) is 7.04. The summed E-state index contributed by atoms with van der Waals surface area (Å²) in [7, 11) is 0. The minimum Gasteiger partial charge on any atom is -0.486 e. The summed E-state index contributed by atoms with van der Waals surface area (Å²) in [4.78, 5) is 22.7. The van der Waals surface area contributed by atoms with Crippen molar-refractivity contribution in [2.45, 2.75) is 43.8 Å². The summed E-state index contributed by atoms with van der Waals surface area (Å²) in [6, 6.07) is 13.2.